The van der Waals surface area contributed by atoms with Crippen LogP contribution in [0.1, 0.15) is 6.92 Å². The second kappa shape index (κ2) is 7.97. The van der Waals surface area contributed by atoms with E-state index in [0.717, 1.165) is 6.54 Å². The number of likely N-dealkylation sites (N-methyl/N-ethyl adjacent to an activating group) is 1. The molecule has 1 unspecified atom stereocenters. The molecule has 0 saturated carbocycles. The fraction of sp³-hybridized carbons (Fsp3) is 1.00. The van der Waals surface area contributed by atoms with E-state index in [9.17, 15) is 8.42 Å². The van der Waals surface area contributed by atoms with E-state index in [4.69, 9.17) is 9.84 Å². The molecule has 0 radical (unpaired) electrons. The van der Waals surface area contributed by atoms with Gasteiger partial charge in [-0.1, -0.05) is 0 Å². The number of nitrogens with zero attached hydrogens (tertiary/aromatic N) is 1. The third kappa shape index (κ3) is 7.13. The Bertz CT molecular complexity index is 267. The van der Waals surface area contributed by atoms with Crippen LogP contribution in [0, 0.1) is 0 Å². The number of hydrogen-bond acceptors (Lipinski definition) is 5. The van der Waals surface area contributed by atoms with Crippen LogP contribution in [-0.4, -0.2) is 70.7 Å². The molecule has 0 amide bonds. The van der Waals surface area contributed by atoms with E-state index >= 15 is 0 Å². The van der Waals surface area contributed by atoms with Crippen molar-refractivity contribution < 1.29 is 18.3 Å². The van der Waals surface area contributed by atoms with Crippen molar-refractivity contribution in [3.05, 3.63) is 0 Å². The highest BCUT2D eigenvalue weighted by Crippen LogP contribution is 1.95. The summed E-state index contributed by atoms with van der Waals surface area (Å²) in [5.74, 6) is 0. The van der Waals surface area contributed by atoms with Gasteiger partial charge in [-0.15, -0.1) is 0 Å². The van der Waals surface area contributed by atoms with Gasteiger partial charge in [0.05, 0.1) is 25.1 Å². The summed E-state index contributed by atoms with van der Waals surface area (Å²) in [6, 6.07) is 0. The Morgan fingerprint density at radius 2 is 2.00 bits per heavy atom. The average Bonchev–Trinajstić information content (AvgIpc) is 2.21. The van der Waals surface area contributed by atoms with Gasteiger partial charge >= 0.3 is 0 Å². The van der Waals surface area contributed by atoms with Crippen LogP contribution in [0.15, 0.2) is 0 Å². The Balaban J connectivity index is 3.59. The van der Waals surface area contributed by atoms with E-state index in [-0.39, 0.29) is 13.2 Å². The molecule has 0 heterocycles. The lowest BCUT2D eigenvalue weighted by atomic mass is 10.5. The average molecular weight is 254 g/mol. The lowest BCUT2D eigenvalue weighted by molar-refractivity contribution is 0.122. The molecular weight excluding hydrogens is 232 g/mol. The molecule has 7 heteroatoms. The molecule has 2 N–H and O–H groups in total. The maximum atomic E-state index is 11.4. The summed E-state index contributed by atoms with van der Waals surface area (Å²) < 4.78 is 30.3. The molecule has 0 aromatic carbocycles. The lowest BCUT2D eigenvalue weighted by Crippen LogP contribution is -2.36. The zero-order chi connectivity index (χ0) is 12.6. The highest BCUT2D eigenvalue weighted by atomic mass is 32.2. The van der Waals surface area contributed by atoms with Gasteiger partial charge < -0.3 is 14.7 Å². The van der Waals surface area contributed by atoms with Crippen LogP contribution in [-0.2, 0) is 14.8 Å². The number of hydrogen-bond donors (Lipinski definition) is 2. The van der Waals surface area contributed by atoms with E-state index in [1.54, 1.807) is 0 Å². The molecule has 0 saturated heterocycles. The first-order valence-electron chi connectivity index (χ1n) is 5.22. The molecule has 1 atom stereocenters. The Morgan fingerprint density at radius 3 is 2.50 bits per heavy atom. The molecule has 0 aliphatic rings. The molecule has 0 aromatic heterocycles. The second-order valence-corrected chi connectivity index (χ2v) is 6.03. The number of sulfonamides is 1. The molecule has 0 fully saturated rings. The van der Waals surface area contributed by atoms with E-state index in [2.05, 4.69) is 4.72 Å². The zero-order valence-corrected chi connectivity index (χ0v) is 11.0. The van der Waals surface area contributed by atoms with Gasteiger partial charge in [0, 0.05) is 13.1 Å². The summed E-state index contributed by atoms with van der Waals surface area (Å²) in [5, 5.41) is 7.93. The fourth-order valence-electron chi connectivity index (χ4n) is 0.846. The van der Waals surface area contributed by atoms with Crippen LogP contribution in [0.4, 0.5) is 0 Å². The van der Waals surface area contributed by atoms with Crippen molar-refractivity contribution in [3.8, 4) is 0 Å². The number of rotatable bonds is 9. The maximum Gasteiger partial charge on any atom is 0.216 e. The minimum Gasteiger partial charge on any atom is -0.395 e. The third-order valence-corrected chi connectivity index (χ3v) is 3.83. The summed E-state index contributed by atoms with van der Waals surface area (Å²) in [7, 11) is 0.475. The maximum absolute atomic E-state index is 11.4. The first-order chi connectivity index (χ1) is 7.40. The highest BCUT2D eigenvalue weighted by molar-refractivity contribution is 7.90. The van der Waals surface area contributed by atoms with Gasteiger partial charge in [0.2, 0.25) is 10.0 Å². The topological polar surface area (TPSA) is 78.9 Å². The highest BCUT2D eigenvalue weighted by Gasteiger charge is 2.18. The van der Waals surface area contributed by atoms with Crippen molar-refractivity contribution in [3.63, 3.8) is 0 Å². The first-order valence-corrected chi connectivity index (χ1v) is 6.76. The second-order valence-electron chi connectivity index (χ2n) is 3.85. The van der Waals surface area contributed by atoms with E-state index in [1.807, 2.05) is 19.0 Å². The van der Waals surface area contributed by atoms with Gasteiger partial charge in [0.1, 0.15) is 0 Å². The predicted octanol–water partition coefficient (Wildman–Crippen LogP) is -1.14. The van der Waals surface area contributed by atoms with Crippen molar-refractivity contribution in [2.75, 3.05) is 47.0 Å². The van der Waals surface area contributed by atoms with Crippen LogP contribution < -0.4 is 4.72 Å². The molecular formula is C9H22N2O4S. The monoisotopic (exact) mass is 254 g/mol. The quantitative estimate of drug-likeness (QED) is 0.509. The molecule has 0 bridgehead atoms. The molecule has 98 valence electrons. The van der Waals surface area contributed by atoms with Crippen LogP contribution in [0.2, 0.25) is 0 Å². The van der Waals surface area contributed by atoms with Crippen molar-refractivity contribution in [2.24, 2.45) is 0 Å². The summed E-state index contributed by atoms with van der Waals surface area (Å²) in [4.78, 5) is 1.98. The molecule has 0 spiro atoms. The van der Waals surface area contributed by atoms with Crippen molar-refractivity contribution >= 4 is 10.0 Å². The van der Waals surface area contributed by atoms with E-state index < -0.39 is 15.3 Å². The van der Waals surface area contributed by atoms with Gasteiger partial charge in [-0.3, -0.25) is 0 Å². The van der Waals surface area contributed by atoms with E-state index in [1.165, 1.54) is 6.92 Å². The summed E-state index contributed by atoms with van der Waals surface area (Å²) >= 11 is 0. The van der Waals surface area contributed by atoms with Gasteiger partial charge in [-0.25, -0.2) is 13.1 Å². The molecule has 0 aliphatic carbocycles. The standard InChI is InChI=1S/C9H22N2O4S/c1-9(8-12)16(13,14)10-4-6-15-7-5-11(2)3/h9-10,12H,4-8H2,1-3H3. The fourth-order valence-corrected chi connectivity index (χ4v) is 1.69. The number of aliphatic hydroxyl groups is 1. The number of aliphatic hydroxyl groups excluding tert-OH is 1. The first kappa shape index (κ1) is 15.8. The molecule has 16 heavy (non-hydrogen) atoms. The van der Waals surface area contributed by atoms with Crippen molar-refractivity contribution in [1.29, 1.82) is 0 Å². The minimum absolute atomic E-state index is 0.236. The van der Waals surface area contributed by atoms with Gasteiger partial charge in [-0.05, 0) is 21.0 Å². The van der Waals surface area contributed by atoms with Gasteiger partial charge in [0.15, 0.2) is 0 Å². The number of ether oxygens (including phenoxy) is 1. The minimum atomic E-state index is -3.40. The summed E-state index contributed by atoms with van der Waals surface area (Å²) in [6.07, 6.45) is 0. The van der Waals surface area contributed by atoms with E-state index in [0.29, 0.717) is 13.2 Å². The Labute approximate surface area is 97.6 Å². The van der Waals surface area contributed by atoms with Crippen LogP contribution in [0.5, 0.6) is 0 Å². The van der Waals surface area contributed by atoms with Crippen molar-refractivity contribution in [1.82, 2.24) is 9.62 Å². The molecule has 0 aliphatic heterocycles. The number of nitrogens with one attached hydrogen (secondary N) is 1. The molecule has 6 nitrogen and oxygen atoms in total. The third-order valence-electron chi connectivity index (χ3n) is 2.02. The predicted molar refractivity (Wildman–Crippen MR) is 62.8 cm³/mol. The largest absolute Gasteiger partial charge is 0.395 e. The van der Waals surface area contributed by atoms with Crippen LogP contribution in [0.3, 0.4) is 0 Å². The SMILES string of the molecule is CC(CO)S(=O)(=O)NCCOCCN(C)C. The lowest BCUT2D eigenvalue weighted by Gasteiger charge is -2.12. The van der Waals surface area contributed by atoms with Crippen LogP contribution in [0.25, 0.3) is 0 Å². The van der Waals surface area contributed by atoms with Gasteiger partial charge in [0.25, 0.3) is 0 Å². The van der Waals surface area contributed by atoms with Crippen molar-refractivity contribution in [2.45, 2.75) is 12.2 Å². The molecule has 0 aromatic rings. The summed E-state index contributed by atoms with van der Waals surface area (Å²) in [5.41, 5.74) is 0. The zero-order valence-electron chi connectivity index (χ0n) is 10.1. The normalized spacial score (nSPS) is 14.3. The molecule has 0 rings (SSSR count). The Hall–Kier alpha value is -0.210. The van der Waals surface area contributed by atoms with Crippen LogP contribution >= 0.6 is 0 Å². The summed E-state index contributed by atoms with van der Waals surface area (Å²) in [6.45, 7) is 3.03. The smallest absolute Gasteiger partial charge is 0.216 e. The van der Waals surface area contributed by atoms with Gasteiger partial charge in [-0.2, -0.15) is 0 Å². The Kier molecular flexibility index (Phi) is 7.86. The Morgan fingerprint density at radius 1 is 1.38 bits per heavy atom.